The van der Waals surface area contributed by atoms with Crippen molar-refractivity contribution in [2.45, 2.75) is 25.0 Å². The molecule has 0 bridgehead atoms. The SMILES string of the molecule is O=C([O-])CCC(=O)OC1C(=O)c2c(O)cc(O)cc2OC1c1ccc(O)c(O)c1.[NH4+]. The highest BCUT2D eigenvalue weighted by molar-refractivity contribution is 6.06. The van der Waals surface area contributed by atoms with Gasteiger partial charge in [-0.25, -0.2) is 0 Å². The molecule has 2 aromatic carbocycles. The minimum absolute atomic E-state index is 0. The van der Waals surface area contributed by atoms with Gasteiger partial charge in [-0.2, -0.15) is 0 Å². The number of fused-ring (bicyclic) bond motifs is 1. The summed E-state index contributed by atoms with van der Waals surface area (Å²) in [6, 6.07) is 5.50. The quantitative estimate of drug-likeness (QED) is 0.336. The van der Waals surface area contributed by atoms with E-state index in [9.17, 15) is 39.9 Å². The zero-order valence-electron chi connectivity index (χ0n) is 15.7. The zero-order valence-corrected chi connectivity index (χ0v) is 15.7. The summed E-state index contributed by atoms with van der Waals surface area (Å²) in [6.07, 6.45) is -4.12. The summed E-state index contributed by atoms with van der Waals surface area (Å²) in [6.45, 7) is 0. The van der Waals surface area contributed by atoms with Crippen molar-refractivity contribution in [3.05, 3.63) is 41.5 Å². The molecule has 0 spiro atoms. The predicted molar refractivity (Wildman–Crippen MR) is 97.3 cm³/mol. The number of Topliss-reactive ketones (excluding diaryl/α,β-unsaturated/α-hetero) is 1. The van der Waals surface area contributed by atoms with Gasteiger partial charge in [-0.05, 0) is 18.6 Å². The van der Waals surface area contributed by atoms with Crippen molar-refractivity contribution in [1.29, 1.82) is 0 Å². The third-order valence-corrected chi connectivity index (χ3v) is 4.22. The summed E-state index contributed by atoms with van der Waals surface area (Å²) in [7, 11) is 0. The molecule has 0 aliphatic carbocycles. The van der Waals surface area contributed by atoms with Gasteiger partial charge in [-0.3, -0.25) is 9.59 Å². The summed E-state index contributed by atoms with van der Waals surface area (Å²) in [5.74, 6) is -5.49. The molecule has 0 saturated heterocycles. The number of hydrogen-bond donors (Lipinski definition) is 5. The van der Waals surface area contributed by atoms with Gasteiger partial charge in [0.2, 0.25) is 11.9 Å². The Bertz CT molecular complexity index is 1000. The van der Waals surface area contributed by atoms with Gasteiger partial charge in [0, 0.05) is 23.7 Å². The van der Waals surface area contributed by atoms with E-state index in [0.29, 0.717) is 0 Å². The maximum Gasteiger partial charge on any atom is 0.307 e. The fraction of sp³-hybridized carbons (Fsp3) is 0.211. The second-order valence-electron chi connectivity index (χ2n) is 6.27. The molecule has 11 heteroatoms. The van der Waals surface area contributed by atoms with Crippen LogP contribution in [0.3, 0.4) is 0 Å². The topological polar surface area (TPSA) is 210 Å². The number of aliphatic carboxylic acids is 1. The lowest BCUT2D eigenvalue weighted by molar-refractivity contribution is -0.305. The molecule has 160 valence electrons. The van der Waals surface area contributed by atoms with Gasteiger partial charge in [-0.15, -0.1) is 0 Å². The lowest BCUT2D eigenvalue weighted by Crippen LogP contribution is -2.40. The van der Waals surface area contributed by atoms with Gasteiger partial charge < -0.3 is 46.0 Å². The van der Waals surface area contributed by atoms with Crippen molar-refractivity contribution in [3.63, 3.8) is 0 Å². The zero-order chi connectivity index (χ0) is 21.3. The lowest BCUT2D eigenvalue weighted by atomic mass is 9.92. The Hall–Kier alpha value is -3.99. The first-order chi connectivity index (χ1) is 13.7. The number of ketones is 1. The van der Waals surface area contributed by atoms with Gasteiger partial charge in [0.1, 0.15) is 22.8 Å². The van der Waals surface area contributed by atoms with Crippen molar-refractivity contribution in [2.75, 3.05) is 0 Å². The molecule has 0 aromatic heterocycles. The average molecular weight is 421 g/mol. The Morgan fingerprint density at radius 3 is 2.33 bits per heavy atom. The number of ether oxygens (including phenoxy) is 2. The summed E-state index contributed by atoms with van der Waals surface area (Å²) < 4.78 is 10.8. The first kappa shape index (κ1) is 22.3. The highest BCUT2D eigenvalue weighted by atomic mass is 16.6. The van der Waals surface area contributed by atoms with Crippen LogP contribution in [0.4, 0.5) is 0 Å². The van der Waals surface area contributed by atoms with Crippen LogP contribution in [-0.4, -0.2) is 44.3 Å². The van der Waals surface area contributed by atoms with Crippen LogP contribution in [0.25, 0.3) is 0 Å². The van der Waals surface area contributed by atoms with E-state index >= 15 is 0 Å². The normalized spacial score (nSPS) is 17.3. The molecular formula is C19H19NO10. The number of aromatic hydroxyl groups is 4. The molecule has 0 saturated carbocycles. The fourth-order valence-electron chi connectivity index (χ4n) is 2.89. The van der Waals surface area contributed by atoms with E-state index in [1.165, 1.54) is 6.07 Å². The van der Waals surface area contributed by atoms with E-state index in [4.69, 9.17) is 9.47 Å². The maximum absolute atomic E-state index is 12.9. The van der Waals surface area contributed by atoms with E-state index in [0.717, 1.165) is 24.3 Å². The van der Waals surface area contributed by atoms with E-state index in [1.54, 1.807) is 0 Å². The first-order valence-corrected chi connectivity index (χ1v) is 8.35. The number of phenols is 4. The number of hydrogen-bond acceptors (Lipinski definition) is 10. The lowest BCUT2D eigenvalue weighted by Gasteiger charge is -2.32. The van der Waals surface area contributed by atoms with E-state index < -0.39 is 60.0 Å². The van der Waals surface area contributed by atoms with Crippen LogP contribution in [0, 0.1) is 0 Å². The van der Waals surface area contributed by atoms with Crippen LogP contribution in [0.2, 0.25) is 0 Å². The van der Waals surface area contributed by atoms with Gasteiger partial charge in [0.15, 0.2) is 17.6 Å². The molecule has 8 N–H and O–H groups in total. The van der Waals surface area contributed by atoms with Crippen molar-refractivity contribution in [2.24, 2.45) is 0 Å². The molecule has 1 aliphatic rings. The number of rotatable bonds is 5. The van der Waals surface area contributed by atoms with Crippen molar-refractivity contribution >= 4 is 17.7 Å². The maximum atomic E-state index is 12.9. The number of quaternary nitrogens is 1. The Morgan fingerprint density at radius 1 is 1.00 bits per heavy atom. The number of esters is 1. The van der Waals surface area contributed by atoms with Gasteiger partial charge in [0.25, 0.3) is 0 Å². The number of carboxylic acid groups (broad SMARTS) is 1. The van der Waals surface area contributed by atoms with Crippen molar-refractivity contribution in [1.82, 2.24) is 6.15 Å². The second kappa shape index (κ2) is 8.57. The summed E-state index contributed by atoms with van der Waals surface area (Å²) in [5.41, 5.74) is -0.195. The summed E-state index contributed by atoms with van der Waals surface area (Å²) >= 11 is 0. The van der Waals surface area contributed by atoms with Gasteiger partial charge in [-0.1, -0.05) is 6.07 Å². The molecule has 11 nitrogen and oxygen atoms in total. The number of carboxylic acids is 1. The Kier molecular flexibility index (Phi) is 6.37. The third kappa shape index (κ3) is 4.36. The molecule has 3 rings (SSSR count). The Balaban J connectivity index is 0.00000320. The second-order valence-corrected chi connectivity index (χ2v) is 6.27. The summed E-state index contributed by atoms with van der Waals surface area (Å²) in [4.78, 5) is 35.5. The average Bonchev–Trinajstić information content (AvgIpc) is 2.63. The number of carbonyl (C=O) groups excluding carboxylic acids is 3. The van der Waals surface area contributed by atoms with Crippen LogP contribution < -0.4 is 16.0 Å². The molecule has 2 unspecified atom stereocenters. The largest absolute Gasteiger partial charge is 0.550 e. The Labute approximate surface area is 169 Å². The van der Waals surface area contributed by atoms with Gasteiger partial charge in [0.05, 0.1) is 6.42 Å². The van der Waals surface area contributed by atoms with Crippen LogP contribution in [-0.2, 0) is 14.3 Å². The van der Waals surface area contributed by atoms with Crippen LogP contribution in [0.1, 0.15) is 34.9 Å². The molecule has 30 heavy (non-hydrogen) atoms. The minimum atomic E-state index is -1.63. The molecule has 0 fully saturated rings. The number of carbonyl (C=O) groups is 3. The number of benzene rings is 2. The molecule has 1 aliphatic heterocycles. The molecule has 2 atom stereocenters. The van der Waals surface area contributed by atoms with Crippen molar-refractivity contribution in [3.8, 4) is 28.7 Å². The standard InChI is InChI=1S/C19H16O10.H3N/c20-9-6-12(23)16-13(7-9)28-18(8-1-2-10(21)11(22)5-8)19(17(16)27)29-15(26)4-3-14(24)25;/h1-2,5-7,18-23H,3-4H2,(H,24,25);1H3. The number of phenolic OH excluding ortho intramolecular Hbond substituents is 4. The third-order valence-electron chi connectivity index (χ3n) is 4.22. The monoisotopic (exact) mass is 421 g/mol. The first-order valence-electron chi connectivity index (χ1n) is 8.35. The minimum Gasteiger partial charge on any atom is -0.550 e. The highest BCUT2D eigenvalue weighted by Crippen LogP contribution is 2.43. The van der Waals surface area contributed by atoms with Crippen molar-refractivity contribution < 1.29 is 49.4 Å². The van der Waals surface area contributed by atoms with E-state index in [-0.39, 0.29) is 28.8 Å². The van der Waals surface area contributed by atoms with Gasteiger partial charge >= 0.3 is 5.97 Å². The molecule has 0 radical (unpaired) electrons. The molecular weight excluding hydrogens is 402 g/mol. The Morgan fingerprint density at radius 2 is 1.70 bits per heavy atom. The smallest absolute Gasteiger partial charge is 0.307 e. The van der Waals surface area contributed by atoms with E-state index in [2.05, 4.69) is 0 Å². The molecule has 1 heterocycles. The highest BCUT2D eigenvalue weighted by Gasteiger charge is 2.43. The van der Waals surface area contributed by atoms with E-state index in [1.807, 2.05) is 0 Å². The van der Waals surface area contributed by atoms with Crippen LogP contribution in [0.15, 0.2) is 30.3 Å². The fourth-order valence-corrected chi connectivity index (χ4v) is 2.89. The van der Waals surface area contributed by atoms with Crippen LogP contribution >= 0.6 is 0 Å². The summed E-state index contributed by atoms with van der Waals surface area (Å²) in [5, 5.41) is 49.4. The van der Waals surface area contributed by atoms with Crippen LogP contribution in [0.5, 0.6) is 28.7 Å². The predicted octanol–water partition coefficient (Wildman–Crippen LogP) is 0.643. The molecule has 2 aromatic rings. The molecule has 0 amide bonds.